The molecule has 0 aliphatic rings. The maximum Gasteiger partial charge on any atom is 0.405 e. The van der Waals surface area contributed by atoms with E-state index in [0.717, 1.165) is 18.2 Å². The number of allylic oxidation sites excluding steroid dienone is 1. The third-order valence-corrected chi connectivity index (χ3v) is 6.49. The van der Waals surface area contributed by atoms with Crippen molar-refractivity contribution in [3.63, 3.8) is 0 Å². The Morgan fingerprint density at radius 3 is 2.11 bits per heavy atom. The number of nitrogens with one attached hydrogen (secondary N) is 2. The highest BCUT2D eigenvalue weighted by Gasteiger charge is 2.39. The summed E-state index contributed by atoms with van der Waals surface area (Å²) in [4.78, 5) is 24.2. The summed E-state index contributed by atoms with van der Waals surface area (Å²) in [6.07, 6.45) is -7.24. The lowest BCUT2D eigenvalue weighted by atomic mass is 9.97. The van der Waals surface area contributed by atoms with Gasteiger partial charge in [0.15, 0.2) is 0 Å². The Hall–Kier alpha value is -1.95. The van der Waals surface area contributed by atoms with Crippen LogP contribution >= 0.6 is 50.7 Å². The molecule has 0 saturated heterocycles. The minimum Gasteiger partial charge on any atom is -0.345 e. The van der Waals surface area contributed by atoms with Crippen LogP contribution in [-0.2, 0) is 4.79 Å². The number of hydrogen-bond donors (Lipinski definition) is 2. The molecular weight excluding hydrogens is 625 g/mol. The van der Waals surface area contributed by atoms with Gasteiger partial charge in [-0.1, -0.05) is 53.0 Å². The van der Waals surface area contributed by atoms with Crippen LogP contribution in [0.3, 0.4) is 0 Å². The van der Waals surface area contributed by atoms with Crippen LogP contribution in [0.4, 0.5) is 26.3 Å². The third-order valence-electron chi connectivity index (χ3n) is 4.64. The monoisotopic (exact) mass is 638 g/mol. The Morgan fingerprint density at radius 1 is 1.03 bits per heavy atom. The molecule has 0 radical (unpaired) electrons. The van der Waals surface area contributed by atoms with E-state index in [1.54, 1.807) is 5.32 Å². The van der Waals surface area contributed by atoms with E-state index in [2.05, 4.69) is 21.2 Å². The molecule has 0 heterocycles. The molecule has 0 fully saturated rings. The van der Waals surface area contributed by atoms with Crippen molar-refractivity contribution in [2.75, 3.05) is 6.54 Å². The summed E-state index contributed by atoms with van der Waals surface area (Å²) in [5.74, 6) is -3.90. The number of carbonyl (C=O) groups excluding carboxylic acids is 2. The SMILES string of the molecule is C[C@H](NC(=O)c1ccc(/C=C/C(c2cc(Cl)c(Cl)c(Cl)c2)C(F)(F)F)cc1Br)C(=O)NCC(F)(F)F. The van der Waals surface area contributed by atoms with Gasteiger partial charge in [0, 0.05) is 4.47 Å². The van der Waals surface area contributed by atoms with Crippen molar-refractivity contribution in [1.29, 1.82) is 0 Å². The third kappa shape index (κ3) is 8.57. The van der Waals surface area contributed by atoms with E-state index in [1.807, 2.05) is 0 Å². The van der Waals surface area contributed by atoms with Crippen LogP contribution in [0.15, 0.2) is 40.9 Å². The zero-order valence-electron chi connectivity index (χ0n) is 18.0. The molecule has 2 atom stereocenters. The molecule has 0 spiro atoms. The molecule has 196 valence electrons. The van der Waals surface area contributed by atoms with Crippen LogP contribution in [0.2, 0.25) is 15.1 Å². The highest BCUT2D eigenvalue weighted by molar-refractivity contribution is 9.10. The fraction of sp³-hybridized carbons (Fsp3) is 0.273. The van der Waals surface area contributed by atoms with Crippen molar-refractivity contribution in [2.24, 2.45) is 0 Å². The van der Waals surface area contributed by atoms with E-state index in [-0.39, 0.29) is 36.2 Å². The van der Waals surface area contributed by atoms with Gasteiger partial charge in [-0.25, -0.2) is 0 Å². The molecule has 2 rings (SSSR count). The van der Waals surface area contributed by atoms with Gasteiger partial charge in [0.2, 0.25) is 5.91 Å². The van der Waals surface area contributed by atoms with Crippen LogP contribution in [0.5, 0.6) is 0 Å². The molecule has 36 heavy (non-hydrogen) atoms. The van der Waals surface area contributed by atoms with Gasteiger partial charge in [-0.3, -0.25) is 9.59 Å². The normalized spacial score (nSPS) is 14.0. The van der Waals surface area contributed by atoms with E-state index < -0.39 is 42.7 Å². The van der Waals surface area contributed by atoms with Gasteiger partial charge in [0.25, 0.3) is 5.91 Å². The molecule has 0 saturated carbocycles. The molecule has 4 nitrogen and oxygen atoms in total. The number of rotatable bonds is 7. The second kappa shape index (κ2) is 12.1. The first kappa shape index (κ1) is 30.3. The van der Waals surface area contributed by atoms with Gasteiger partial charge >= 0.3 is 12.4 Å². The van der Waals surface area contributed by atoms with Crippen molar-refractivity contribution in [1.82, 2.24) is 10.6 Å². The predicted molar refractivity (Wildman–Crippen MR) is 129 cm³/mol. The first-order valence-electron chi connectivity index (χ1n) is 9.84. The molecule has 2 N–H and O–H groups in total. The summed E-state index contributed by atoms with van der Waals surface area (Å²) in [6.45, 7) is -0.356. The zero-order chi connectivity index (χ0) is 27.4. The fourth-order valence-corrected chi connectivity index (χ4v) is 4.06. The van der Waals surface area contributed by atoms with Gasteiger partial charge < -0.3 is 10.6 Å². The molecule has 0 aromatic heterocycles. The minimum atomic E-state index is -4.68. The number of alkyl halides is 6. The van der Waals surface area contributed by atoms with Gasteiger partial charge in [0.05, 0.1) is 26.5 Å². The summed E-state index contributed by atoms with van der Waals surface area (Å²) in [5, 5.41) is 3.55. The maximum atomic E-state index is 13.7. The first-order valence-corrected chi connectivity index (χ1v) is 11.8. The van der Waals surface area contributed by atoms with E-state index >= 15 is 0 Å². The summed E-state index contributed by atoms with van der Waals surface area (Å²) in [7, 11) is 0. The highest BCUT2D eigenvalue weighted by atomic mass is 79.9. The Kier molecular flexibility index (Phi) is 10.1. The first-order chi connectivity index (χ1) is 16.5. The molecule has 0 aliphatic heterocycles. The lowest BCUT2D eigenvalue weighted by Gasteiger charge is -2.18. The molecule has 0 aliphatic carbocycles. The smallest absolute Gasteiger partial charge is 0.345 e. The van der Waals surface area contributed by atoms with Crippen molar-refractivity contribution in [3.8, 4) is 0 Å². The molecular formula is C22H16BrCl3F6N2O2. The van der Waals surface area contributed by atoms with Crippen molar-refractivity contribution >= 4 is 68.6 Å². The van der Waals surface area contributed by atoms with E-state index in [9.17, 15) is 35.9 Å². The van der Waals surface area contributed by atoms with E-state index in [4.69, 9.17) is 34.8 Å². The largest absolute Gasteiger partial charge is 0.405 e. The topological polar surface area (TPSA) is 58.2 Å². The molecule has 0 bridgehead atoms. The summed E-state index contributed by atoms with van der Waals surface area (Å²) in [6, 6.07) is 4.82. The van der Waals surface area contributed by atoms with Crippen LogP contribution in [0.25, 0.3) is 6.08 Å². The lowest BCUT2D eigenvalue weighted by molar-refractivity contribution is -0.139. The zero-order valence-corrected chi connectivity index (χ0v) is 21.9. The molecule has 2 amide bonds. The number of hydrogen-bond acceptors (Lipinski definition) is 2. The molecule has 1 unspecified atom stereocenters. The van der Waals surface area contributed by atoms with Gasteiger partial charge in [0.1, 0.15) is 12.6 Å². The molecule has 2 aromatic carbocycles. The maximum absolute atomic E-state index is 13.7. The Balaban J connectivity index is 2.19. The lowest BCUT2D eigenvalue weighted by Crippen LogP contribution is -2.47. The number of carbonyl (C=O) groups is 2. The average Bonchev–Trinajstić information content (AvgIpc) is 2.74. The summed E-state index contributed by atoms with van der Waals surface area (Å²) >= 11 is 20.7. The van der Waals surface area contributed by atoms with E-state index in [0.29, 0.717) is 0 Å². The Bertz CT molecular complexity index is 1150. The Morgan fingerprint density at radius 2 is 1.61 bits per heavy atom. The van der Waals surface area contributed by atoms with Crippen LogP contribution in [0.1, 0.15) is 34.3 Å². The van der Waals surface area contributed by atoms with Crippen molar-refractivity contribution < 1.29 is 35.9 Å². The second-order valence-corrected chi connectivity index (χ2v) is 9.49. The quantitative estimate of drug-likeness (QED) is 0.243. The molecule has 2 aromatic rings. The average molecular weight is 641 g/mol. The predicted octanol–water partition coefficient (Wildman–Crippen LogP) is 7.57. The highest BCUT2D eigenvalue weighted by Crippen LogP contribution is 2.41. The summed E-state index contributed by atoms with van der Waals surface area (Å²) < 4.78 is 78.0. The van der Waals surface area contributed by atoms with Crippen LogP contribution in [0, 0.1) is 0 Å². The van der Waals surface area contributed by atoms with Crippen molar-refractivity contribution in [2.45, 2.75) is 31.2 Å². The molecule has 14 heteroatoms. The van der Waals surface area contributed by atoms with Gasteiger partial charge in [-0.2, -0.15) is 26.3 Å². The Labute approximate surface area is 225 Å². The fourth-order valence-electron chi connectivity index (χ4n) is 2.87. The van der Waals surface area contributed by atoms with Gasteiger partial charge in [-0.15, -0.1) is 0 Å². The van der Waals surface area contributed by atoms with Crippen LogP contribution < -0.4 is 10.6 Å². The summed E-state index contributed by atoms with van der Waals surface area (Å²) in [5.41, 5.74) is 0.0621. The standard InChI is InChI=1S/C22H16BrCl3F6N2O2/c1-10(19(35)33-9-21(27,28)29)34-20(36)13-4-2-11(6-15(13)23)3-5-14(22(30,31)32)12-7-16(24)18(26)17(25)8-12/h2-8,10,14H,9H2,1H3,(H,33,35)(H,34,36)/b5-3+/t10-,14?/m0/s1. The minimum absolute atomic E-state index is 0.00579. The number of benzene rings is 2. The van der Waals surface area contributed by atoms with Crippen LogP contribution in [-0.4, -0.2) is 36.8 Å². The second-order valence-electron chi connectivity index (χ2n) is 7.44. The number of amides is 2. The van der Waals surface area contributed by atoms with Crippen molar-refractivity contribution in [3.05, 3.63) is 72.6 Å². The number of halogens is 10. The van der Waals surface area contributed by atoms with E-state index in [1.165, 1.54) is 31.2 Å². The van der Waals surface area contributed by atoms with Gasteiger partial charge in [-0.05, 0) is 58.2 Å².